The van der Waals surface area contributed by atoms with Crippen LogP contribution in [0.1, 0.15) is 31.4 Å². The fourth-order valence-corrected chi connectivity index (χ4v) is 4.45. The largest absolute Gasteiger partial charge is 0.299 e. The third-order valence-electron chi connectivity index (χ3n) is 4.89. The Kier molecular flexibility index (Phi) is 5.03. The smallest absolute Gasteiger partial charge is 0.0319 e. The number of likely N-dealkylation sites (tertiary alicyclic amines) is 1. The van der Waals surface area contributed by atoms with E-state index >= 15 is 0 Å². The Bertz CT molecular complexity index is 395. The van der Waals surface area contributed by atoms with Crippen LogP contribution in [0.5, 0.6) is 0 Å². The molecule has 0 N–H and O–H groups in total. The van der Waals surface area contributed by atoms with E-state index in [0.717, 1.165) is 6.04 Å². The van der Waals surface area contributed by atoms with Crippen molar-refractivity contribution in [1.29, 1.82) is 0 Å². The van der Waals surface area contributed by atoms with Crippen LogP contribution in [0, 0.1) is 0 Å². The molecule has 1 atom stereocenters. The minimum absolute atomic E-state index is 0.564. The van der Waals surface area contributed by atoms with Gasteiger partial charge in [0.1, 0.15) is 0 Å². The molecule has 1 aromatic rings. The van der Waals surface area contributed by atoms with Crippen LogP contribution >= 0.6 is 11.8 Å². The van der Waals surface area contributed by atoms with Gasteiger partial charge in [0.15, 0.2) is 0 Å². The van der Waals surface area contributed by atoms with Crippen molar-refractivity contribution < 1.29 is 0 Å². The maximum Gasteiger partial charge on any atom is 0.0319 e. The van der Waals surface area contributed by atoms with E-state index < -0.39 is 0 Å². The highest BCUT2D eigenvalue weighted by atomic mass is 32.2. The minimum atomic E-state index is 0.564. The number of hydrogen-bond donors (Lipinski definition) is 0. The molecule has 20 heavy (non-hydrogen) atoms. The van der Waals surface area contributed by atoms with Gasteiger partial charge in [-0.05, 0) is 25.3 Å². The van der Waals surface area contributed by atoms with E-state index in [1.54, 1.807) is 0 Å². The molecular formula is C17H26N2S. The highest BCUT2D eigenvalue weighted by Gasteiger charge is 2.27. The molecule has 0 saturated carbocycles. The van der Waals surface area contributed by atoms with Crippen LogP contribution in [-0.2, 0) is 0 Å². The van der Waals surface area contributed by atoms with Crippen LogP contribution in [0.4, 0.5) is 0 Å². The lowest BCUT2D eigenvalue weighted by Crippen LogP contribution is -2.48. The number of nitrogens with zero attached hydrogens (tertiary/aromatic N) is 2. The van der Waals surface area contributed by atoms with Gasteiger partial charge < -0.3 is 0 Å². The lowest BCUT2D eigenvalue weighted by atomic mass is 9.99. The van der Waals surface area contributed by atoms with Gasteiger partial charge in [0, 0.05) is 49.8 Å². The van der Waals surface area contributed by atoms with Crippen molar-refractivity contribution in [1.82, 2.24) is 9.80 Å². The van der Waals surface area contributed by atoms with Crippen molar-refractivity contribution in [3.05, 3.63) is 35.9 Å². The van der Waals surface area contributed by atoms with Crippen LogP contribution < -0.4 is 0 Å². The molecule has 2 saturated heterocycles. The summed E-state index contributed by atoms with van der Waals surface area (Å²) in [7, 11) is 0. The Morgan fingerprint density at radius 2 is 1.65 bits per heavy atom. The average molecular weight is 290 g/mol. The molecule has 0 aromatic heterocycles. The standard InChI is InChI=1S/C17H26N2S/c1-15(16-5-3-2-4-6-16)18-9-7-17(8-10-18)19-11-13-20-14-12-19/h2-6,15,17H,7-14H2,1H3. The number of thioether (sulfide) groups is 1. The van der Waals surface area contributed by atoms with Crippen LogP contribution in [0.15, 0.2) is 30.3 Å². The summed E-state index contributed by atoms with van der Waals surface area (Å²) in [5, 5.41) is 0. The maximum absolute atomic E-state index is 2.74. The van der Waals surface area contributed by atoms with Gasteiger partial charge in [-0.1, -0.05) is 30.3 Å². The fraction of sp³-hybridized carbons (Fsp3) is 0.647. The molecule has 2 heterocycles. The summed E-state index contributed by atoms with van der Waals surface area (Å²) >= 11 is 2.11. The van der Waals surface area contributed by atoms with Gasteiger partial charge in [-0.2, -0.15) is 11.8 Å². The molecule has 3 heteroatoms. The molecule has 0 aliphatic carbocycles. The monoisotopic (exact) mass is 290 g/mol. The summed E-state index contributed by atoms with van der Waals surface area (Å²) in [4.78, 5) is 5.39. The van der Waals surface area contributed by atoms with Gasteiger partial charge in [-0.25, -0.2) is 0 Å². The predicted octanol–water partition coefficient (Wildman–Crippen LogP) is 3.26. The molecule has 2 nitrogen and oxygen atoms in total. The van der Waals surface area contributed by atoms with E-state index in [0.29, 0.717) is 6.04 Å². The third kappa shape index (κ3) is 3.38. The molecular weight excluding hydrogens is 264 g/mol. The van der Waals surface area contributed by atoms with Gasteiger partial charge in [0.05, 0.1) is 0 Å². The first-order chi connectivity index (χ1) is 9.84. The van der Waals surface area contributed by atoms with Crippen molar-refractivity contribution in [2.24, 2.45) is 0 Å². The van der Waals surface area contributed by atoms with Crippen LogP contribution in [0.2, 0.25) is 0 Å². The second kappa shape index (κ2) is 6.97. The normalized spacial score (nSPS) is 24.6. The lowest BCUT2D eigenvalue weighted by Gasteiger charge is -2.42. The van der Waals surface area contributed by atoms with Crippen molar-refractivity contribution in [2.75, 3.05) is 37.7 Å². The average Bonchev–Trinajstić information content (AvgIpc) is 2.56. The molecule has 1 unspecified atom stereocenters. The second-order valence-electron chi connectivity index (χ2n) is 6.00. The second-order valence-corrected chi connectivity index (χ2v) is 7.23. The molecule has 3 rings (SSSR count). The zero-order valence-electron chi connectivity index (χ0n) is 12.5. The van der Waals surface area contributed by atoms with Gasteiger partial charge in [-0.15, -0.1) is 0 Å². The van der Waals surface area contributed by atoms with Gasteiger partial charge in [-0.3, -0.25) is 9.80 Å². The van der Waals surface area contributed by atoms with Crippen molar-refractivity contribution in [2.45, 2.75) is 31.8 Å². The Labute approximate surface area is 127 Å². The van der Waals surface area contributed by atoms with E-state index in [2.05, 4.69) is 58.8 Å². The van der Waals surface area contributed by atoms with E-state index in [1.807, 2.05) is 0 Å². The Morgan fingerprint density at radius 3 is 2.30 bits per heavy atom. The predicted molar refractivity (Wildman–Crippen MR) is 88.4 cm³/mol. The Balaban J connectivity index is 1.53. The number of hydrogen-bond acceptors (Lipinski definition) is 3. The van der Waals surface area contributed by atoms with E-state index in [1.165, 1.54) is 56.1 Å². The minimum Gasteiger partial charge on any atom is -0.299 e. The third-order valence-corrected chi connectivity index (χ3v) is 5.83. The van der Waals surface area contributed by atoms with Gasteiger partial charge in [0.25, 0.3) is 0 Å². The first kappa shape index (κ1) is 14.4. The first-order valence-electron chi connectivity index (χ1n) is 7.95. The summed E-state index contributed by atoms with van der Waals surface area (Å²) in [6, 6.07) is 12.4. The Morgan fingerprint density at radius 1 is 1.00 bits per heavy atom. The van der Waals surface area contributed by atoms with Crippen molar-refractivity contribution in [3.63, 3.8) is 0 Å². The van der Waals surface area contributed by atoms with Gasteiger partial charge >= 0.3 is 0 Å². The quantitative estimate of drug-likeness (QED) is 0.843. The summed E-state index contributed by atoms with van der Waals surface area (Å²) in [5.41, 5.74) is 1.46. The van der Waals surface area contributed by atoms with Crippen molar-refractivity contribution >= 4 is 11.8 Å². The van der Waals surface area contributed by atoms with E-state index in [9.17, 15) is 0 Å². The number of benzene rings is 1. The topological polar surface area (TPSA) is 6.48 Å². The molecule has 2 fully saturated rings. The highest BCUT2D eigenvalue weighted by molar-refractivity contribution is 7.99. The maximum atomic E-state index is 2.74. The zero-order valence-corrected chi connectivity index (χ0v) is 13.3. The molecule has 110 valence electrons. The van der Waals surface area contributed by atoms with Crippen LogP contribution in [-0.4, -0.2) is 53.5 Å². The summed E-state index contributed by atoms with van der Waals surface area (Å²) in [6.45, 7) is 7.48. The molecule has 1 aromatic carbocycles. The molecule has 2 aliphatic heterocycles. The number of rotatable bonds is 3. The van der Waals surface area contributed by atoms with Crippen LogP contribution in [0.25, 0.3) is 0 Å². The molecule has 0 spiro atoms. The zero-order chi connectivity index (χ0) is 13.8. The Hall–Kier alpha value is -0.510. The molecule has 0 bridgehead atoms. The summed E-state index contributed by atoms with van der Waals surface area (Å²) in [6.07, 6.45) is 2.70. The molecule has 0 amide bonds. The molecule has 2 aliphatic rings. The lowest BCUT2D eigenvalue weighted by molar-refractivity contribution is 0.0937. The first-order valence-corrected chi connectivity index (χ1v) is 9.11. The fourth-order valence-electron chi connectivity index (χ4n) is 3.52. The highest BCUT2D eigenvalue weighted by Crippen LogP contribution is 2.26. The number of piperidine rings is 1. The summed E-state index contributed by atoms with van der Waals surface area (Å²) < 4.78 is 0. The van der Waals surface area contributed by atoms with Crippen molar-refractivity contribution in [3.8, 4) is 0 Å². The molecule has 0 radical (unpaired) electrons. The van der Waals surface area contributed by atoms with Gasteiger partial charge in [0.2, 0.25) is 0 Å². The van der Waals surface area contributed by atoms with Crippen LogP contribution in [0.3, 0.4) is 0 Å². The van der Waals surface area contributed by atoms with E-state index in [4.69, 9.17) is 0 Å². The SMILES string of the molecule is CC(c1ccccc1)N1CCC(N2CCSCC2)CC1. The summed E-state index contributed by atoms with van der Waals surface area (Å²) in [5.74, 6) is 2.67. The van der Waals surface area contributed by atoms with E-state index in [-0.39, 0.29) is 0 Å².